The fourth-order valence-corrected chi connectivity index (χ4v) is 4.06. The van der Waals surface area contributed by atoms with E-state index < -0.39 is 5.82 Å². The number of hydrogen-bond donors (Lipinski definition) is 1. The highest BCUT2D eigenvalue weighted by Gasteiger charge is 2.40. The van der Waals surface area contributed by atoms with Crippen molar-refractivity contribution in [1.82, 2.24) is 9.80 Å². The van der Waals surface area contributed by atoms with Crippen molar-refractivity contribution >= 4 is 11.8 Å². The molecular formula is C19H25FN2O3. The van der Waals surface area contributed by atoms with Crippen molar-refractivity contribution in [2.24, 2.45) is 5.92 Å². The third kappa shape index (κ3) is 3.68. The van der Waals surface area contributed by atoms with Crippen LogP contribution in [0.3, 0.4) is 0 Å². The summed E-state index contributed by atoms with van der Waals surface area (Å²) in [4.78, 5) is 28.7. The van der Waals surface area contributed by atoms with Gasteiger partial charge in [0.25, 0.3) is 5.91 Å². The Labute approximate surface area is 147 Å². The van der Waals surface area contributed by atoms with E-state index in [0.29, 0.717) is 38.0 Å². The van der Waals surface area contributed by atoms with E-state index in [1.165, 1.54) is 12.1 Å². The van der Waals surface area contributed by atoms with Crippen LogP contribution >= 0.6 is 0 Å². The van der Waals surface area contributed by atoms with Gasteiger partial charge in [-0.15, -0.1) is 0 Å². The molecule has 2 amide bonds. The Morgan fingerprint density at radius 3 is 2.92 bits per heavy atom. The quantitative estimate of drug-likeness (QED) is 0.905. The van der Waals surface area contributed by atoms with Crippen molar-refractivity contribution in [2.45, 2.75) is 38.6 Å². The van der Waals surface area contributed by atoms with Crippen molar-refractivity contribution in [1.29, 1.82) is 0 Å². The van der Waals surface area contributed by atoms with Crippen molar-refractivity contribution in [3.8, 4) is 0 Å². The molecule has 0 aliphatic carbocycles. The molecule has 2 atom stereocenters. The number of piperidine rings is 2. The van der Waals surface area contributed by atoms with Crippen LogP contribution in [0.4, 0.5) is 4.39 Å². The summed E-state index contributed by atoms with van der Waals surface area (Å²) in [6.45, 7) is 3.63. The van der Waals surface area contributed by atoms with Gasteiger partial charge in [0.05, 0.1) is 0 Å². The second-order valence-electron chi connectivity index (χ2n) is 7.03. The van der Waals surface area contributed by atoms with Gasteiger partial charge in [-0.25, -0.2) is 4.39 Å². The maximum Gasteiger partial charge on any atom is 0.254 e. The molecule has 1 N–H and O–H groups in total. The highest BCUT2D eigenvalue weighted by atomic mass is 19.1. The van der Waals surface area contributed by atoms with Gasteiger partial charge in [0, 0.05) is 44.3 Å². The standard InChI is InChI=1S/C19H25FN2O3/c1-13-3-5-15(20)11-16(13)19(25)21-9-7-17-14(12-21)4-6-18(24)22(17)8-2-10-23/h3,5,11,14,17,23H,2,4,6-10,12H2,1H3. The lowest BCUT2D eigenvalue weighted by molar-refractivity contribution is -0.140. The van der Waals surface area contributed by atoms with Gasteiger partial charge in [0.15, 0.2) is 0 Å². The number of amides is 2. The number of rotatable bonds is 4. The van der Waals surface area contributed by atoms with Gasteiger partial charge in [-0.1, -0.05) is 6.07 Å². The summed E-state index contributed by atoms with van der Waals surface area (Å²) >= 11 is 0. The van der Waals surface area contributed by atoms with E-state index in [4.69, 9.17) is 5.11 Å². The number of hydrogen-bond acceptors (Lipinski definition) is 3. The predicted molar refractivity (Wildman–Crippen MR) is 91.6 cm³/mol. The minimum absolute atomic E-state index is 0.0740. The van der Waals surface area contributed by atoms with E-state index in [9.17, 15) is 14.0 Å². The van der Waals surface area contributed by atoms with Gasteiger partial charge in [0.2, 0.25) is 5.91 Å². The monoisotopic (exact) mass is 348 g/mol. The first-order valence-corrected chi connectivity index (χ1v) is 8.97. The van der Waals surface area contributed by atoms with Crippen molar-refractivity contribution in [3.63, 3.8) is 0 Å². The molecule has 3 rings (SSSR count). The molecule has 0 radical (unpaired) electrons. The van der Waals surface area contributed by atoms with Crippen LogP contribution in [0.1, 0.15) is 41.6 Å². The molecule has 136 valence electrons. The SMILES string of the molecule is Cc1ccc(F)cc1C(=O)N1CCC2C(CCC(=O)N2CCCO)C1. The molecule has 0 aromatic heterocycles. The zero-order chi connectivity index (χ0) is 18.0. The first-order chi connectivity index (χ1) is 12.0. The lowest BCUT2D eigenvalue weighted by atomic mass is 9.83. The first kappa shape index (κ1) is 17.9. The zero-order valence-electron chi connectivity index (χ0n) is 14.6. The second kappa shape index (κ2) is 7.52. The van der Waals surface area contributed by atoms with Crippen LogP contribution in [-0.2, 0) is 4.79 Å². The molecule has 2 saturated heterocycles. The molecular weight excluding hydrogens is 323 g/mol. The normalized spacial score (nSPS) is 23.6. The zero-order valence-corrected chi connectivity index (χ0v) is 14.6. The number of nitrogens with zero attached hydrogens (tertiary/aromatic N) is 2. The molecule has 1 aromatic carbocycles. The van der Waals surface area contributed by atoms with E-state index in [1.807, 2.05) is 11.8 Å². The van der Waals surface area contributed by atoms with Gasteiger partial charge in [0.1, 0.15) is 5.82 Å². The Morgan fingerprint density at radius 1 is 1.36 bits per heavy atom. The Kier molecular flexibility index (Phi) is 5.37. The molecule has 6 heteroatoms. The second-order valence-corrected chi connectivity index (χ2v) is 7.03. The number of aliphatic hydroxyl groups is 1. The largest absolute Gasteiger partial charge is 0.396 e. The molecule has 2 unspecified atom stereocenters. The fourth-order valence-electron chi connectivity index (χ4n) is 4.06. The Bertz CT molecular complexity index is 664. The topological polar surface area (TPSA) is 60.9 Å². The molecule has 1 aromatic rings. The summed E-state index contributed by atoms with van der Waals surface area (Å²) in [5, 5.41) is 9.05. The Balaban J connectivity index is 1.71. The Morgan fingerprint density at radius 2 is 2.16 bits per heavy atom. The van der Waals surface area contributed by atoms with Crippen LogP contribution < -0.4 is 0 Å². The fraction of sp³-hybridized carbons (Fsp3) is 0.579. The summed E-state index contributed by atoms with van der Waals surface area (Å²) in [7, 11) is 0. The van der Waals surface area contributed by atoms with E-state index >= 15 is 0 Å². The molecule has 25 heavy (non-hydrogen) atoms. The predicted octanol–water partition coefficient (Wildman–Crippen LogP) is 1.97. The highest BCUT2D eigenvalue weighted by molar-refractivity contribution is 5.95. The van der Waals surface area contributed by atoms with Gasteiger partial charge >= 0.3 is 0 Å². The number of likely N-dealkylation sites (tertiary alicyclic amines) is 2. The molecule has 5 nitrogen and oxygen atoms in total. The van der Waals surface area contributed by atoms with Crippen molar-refractivity contribution in [3.05, 3.63) is 35.1 Å². The number of carbonyl (C=O) groups excluding carboxylic acids is 2. The summed E-state index contributed by atoms with van der Waals surface area (Å²) in [5.41, 5.74) is 1.19. The average Bonchev–Trinajstić information content (AvgIpc) is 2.62. The molecule has 2 fully saturated rings. The van der Waals surface area contributed by atoms with E-state index in [0.717, 1.165) is 18.4 Å². The third-order valence-electron chi connectivity index (χ3n) is 5.42. The van der Waals surface area contributed by atoms with E-state index in [-0.39, 0.29) is 30.4 Å². The number of halogens is 1. The highest BCUT2D eigenvalue weighted by Crippen LogP contribution is 2.32. The minimum atomic E-state index is -0.401. The third-order valence-corrected chi connectivity index (χ3v) is 5.42. The summed E-state index contributed by atoms with van der Waals surface area (Å²) in [5.74, 6) is -0.130. The molecule has 2 aliphatic rings. The smallest absolute Gasteiger partial charge is 0.254 e. The van der Waals surface area contributed by atoms with E-state index in [2.05, 4.69) is 0 Å². The molecule has 2 heterocycles. The van der Waals surface area contributed by atoms with Gasteiger partial charge in [-0.3, -0.25) is 9.59 Å². The summed E-state index contributed by atoms with van der Waals surface area (Å²) in [6, 6.07) is 4.45. The maximum atomic E-state index is 13.5. The van der Waals surface area contributed by atoms with Crippen LogP contribution in [-0.4, -0.2) is 59.0 Å². The minimum Gasteiger partial charge on any atom is -0.396 e. The molecule has 0 spiro atoms. The molecule has 2 aliphatic heterocycles. The lowest BCUT2D eigenvalue weighted by Crippen LogP contribution is -2.57. The molecule has 0 bridgehead atoms. The van der Waals surface area contributed by atoms with Crippen LogP contribution in [0, 0.1) is 18.7 Å². The number of aryl methyl sites for hydroxylation is 1. The van der Waals surface area contributed by atoms with Gasteiger partial charge < -0.3 is 14.9 Å². The molecule has 0 saturated carbocycles. The average molecular weight is 348 g/mol. The van der Waals surface area contributed by atoms with Crippen LogP contribution in [0.25, 0.3) is 0 Å². The lowest BCUT2D eigenvalue weighted by Gasteiger charge is -2.47. The van der Waals surface area contributed by atoms with Crippen LogP contribution in [0.15, 0.2) is 18.2 Å². The number of fused-ring (bicyclic) bond motifs is 1. The Hall–Kier alpha value is -1.95. The number of aliphatic hydroxyl groups excluding tert-OH is 1. The number of carbonyl (C=O) groups is 2. The van der Waals surface area contributed by atoms with Crippen molar-refractivity contribution in [2.75, 3.05) is 26.2 Å². The van der Waals surface area contributed by atoms with Crippen LogP contribution in [0.5, 0.6) is 0 Å². The van der Waals surface area contributed by atoms with Crippen LogP contribution in [0.2, 0.25) is 0 Å². The van der Waals surface area contributed by atoms with E-state index in [1.54, 1.807) is 11.0 Å². The maximum absolute atomic E-state index is 13.5. The summed E-state index contributed by atoms with van der Waals surface area (Å²) < 4.78 is 13.5. The summed E-state index contributed by atoms with van der Waals surface area (Å²) in [6.07, 6.45) is 2.60. The van der Waals surface area contributed by atoms with Gasteiger partial charge in [-0.2, -0.15) is 0 Å². The van der Waals surface area contributed by atoms with Crippen molar-refractivity contribution < 1.29 is 19.1 Å². The number of benzene rings is 1. The first-order valence-electron chi connectivity index (χ1n) is 8.97. The van der Waals surface area contributed by atoms with Gasteiger partial charge in [-0.05, 0) is 49.8 Å².